The van der Waals surface area contributed by atoms with Crippen LogP contribution in [0.25, 0.3) is 0 Å². The summed E-state index contributed by atoms with van der Waals surface area (Å²) in [5.74, 6) is 2.99. The lowest BCUT2D eigenvalue weighted by Gasteiger charge is -2.21. The van der Waals surface area contributed by atoms with Gasteiger partial charge in [0.15, 0.2) is 0 Å². The van der Waals surface area contributed by atoms with E-state index in [1.165, 1.54) is 25.7 Å². The van der Waals surface area contributed by atoms with E-state index >= 15 is 0 Å². The number of benzene rings is 1. The summed E-state index contributed by atoms with van der Waals surface area (Å²) in [5, 5.41) is 0. The molecule has 1 unspecified atom stereocenters. The van der Waals surface area contributed by atoms with Crippen LogP contribution < -0.4 is 0 Å². The van der Waals surface area contributed by atoms with Gasteiger partial charge in [0.05, 0.1) is 4.90 Å². The molecule has 0 N–H and O–H groups in total. The van der Waals surface area contributed by atoms with E-state index in [0.717, 1.165) is 11.8 Å². The highest BCUT2D eigenvalue weighted by atomic mass is 32.2. The third-order valence-corrected chi connectivity index (χ3v) is 8.22. The maximum absolute atomic E-state index is 12.8. The first-order chi connectivity index (χ1) is 9.69. The fourth-order valence-corrected chi connectivity index (χ4v) is 7.59. The van der Waals surface area contributed by atoms with E-state index < -0.39 is 10.0 Å². The Kier molecular flexibility index (Phi) is 2.15. The second-order valence-electron chi connectivity index (χ2n) is 6.95. The fraction of sp³-hybridized carbons (Fsp3) is 0.625. The molecule has 1 aromatic carbocycles. The Morgan fingerprint density at radius 1 is 0.900 bits per heavy atom. The average molecular weight is 289 g/mol. The van der Waals surface area contributed by atoms with E-state index in [0.29, 0.717) is 28.8 Å². The zero-order valence-corrected chi connectivity index (χ0v) is 12.2. The minimum atomic E-state index is -3.25. The summed E-state index contributed by atoms with van der Waals surface area (Å²) >= 11 is 0. The van der Waals surface area contributed by atoms with Crippen LogP contribution in [0.3, 0.4) is 0 Å². The van der Waals surface area contributed by atoms with Crippen LogP contribution in [0.2, 0.25) is 0 Å². The van der Waals surface area contributed by atoms with Gasteiger partial charge in [-0.1, -0.05) is 24.6 Å². The second-order valence-corrected chi connectivity index (χ2v) is 8.79. The second kappa shape index (κ2) is 3.66. The number of hydrogen-bond donors (Lipinski definition) is 0. The minimum Gasteiger partial charge on any atom is -0.207 e. The summed E-state index contributed by atoms with van der Waals surface area (Å²) in [5.41, 5.74) is 0. The first-order valence-electron chi connectivity index (χ1n) is 7.78. The zero-order chi connectivity index (χ0) is 13.5. The van der Waals surface area contributed by atoms with Crippen LogP contribution in [0.15, 0.2) is 35.2 Å². The molecule has 1 aliphatic heterocycles. The summed E-state index contributed by atoms with van der Waals surface area (Å²) in [7, 11) is -3.25. The highest BCUT2D eigenvalue weighted by molar-refractivity contribution is 7.89. The van der Waals surface area contributed by atoms with Crippen LogP contribution in [0.4, 0.5) is 0 Å². The van der Waals surface area contributed by atoms with Crippen molar-refractivity contribution in [3.8, 4) is 0 Å². The van der Waals surface area contributed by atoms with Crippen molar-refractivity contribution in [2.24, 2.45) is 23.7 Å². The molecule has 5 rings (SSSR count). The highest BCUT2D eigenvalue weighted by Crippen LogP contribution is 2.68. The van der Waals surface area contributed by atoms with Gasteiger partial charge in [0.2, 0.25) is 10.0 Å². The van der Waals surface area contributed by atoms with Gasteiger partial charge in [0.1, 0.15) is 0 Å². The Bertz CT molecular complexity index is 634. The summed E-state index contributed by atoms with van der Waals surface area (Å²) in [6, 6.07) is 9.63. The SMILES string of the molecule is O=S(=O)(c1ccccc1)N1[C@@H]2[C@H]3C[C@@H]([C@@H]4CCC[C@@H]43)[C@@H]21. The molecule has 0 radical (unpaired) electrons. The molecule has 3 aliphatic carbocycles. The van der Waals surface area contributed by atoms with E-state index in [1.54, 1.807) is 12.1 Å². The molecule has 4 aliphatic rings. The molecule has 1 saturated heterocycles. The monoisotopic (exact) mass is 289 g/mol. The first-order valence-corrected chi connectivity index (χ1v) is 9.22. The molecular weight excluding hydrogens is 270 g/mol. The molecule has 4 heteroatoms. The number of hydrogen-bond acceptors (Lipinski definition) is 2. The maximum atomic E-state index is 12.8. The molecule has 3 nitrogen and oxygen atoms in total. The lowest BCUT2D eigenvalue weighted by molar-refractivity contribution is 0.292. The van der Waals surface area contributed by atoms with Crippen LogP contribution in [-0.4, -0.2) is 24.8 Å². The smallest absolute Gasteiger partial charge is 0.207 e. The van der Waals surface area contributed by atoms with E-state index in [9.17, 15) is 8.42 Å². The Hall–Kier alpha value is -0.870. The quantitative estimate of drug-likeness (QED) is 0.784. The fourth-order valence-electron chi connectivity index (χ4n) is 5.70. The lowest BCUT2D eigenvalue weighted by atomic mass is 9.82. The molecule has 0 spiro atoms. The minimum absolute atomic E-state index is 0.338. The van der Waals surface area contributed by atoms with Crippen molar-refractivity contribution in [2.45, 2.75) is 42.7 Å². The molecule has 2 bridgehead atoms. The Balaban J connectivity index is 1.49. The van der Waals surface area contributed by atoms with Crippen molar-refractivity contribution >= 4 is 10.0 Å². The zero-order valence-electron chi connectivity index (χ0n) is 11.4. The van der Waals surface area contributed by atoms with Gasteiger partial charge in [-0.3, -0.25) is 0 Å². The van der Waals surface area contributed by atoms with Gasteiger partial charge >= 0.3 is 0 Å². The van der Waals surface area contributed by atoms with Crippen LogP contribution >= 0.6 is 0 Å². The highest BCUT2D eigenvalue weighted by Gasteiger charge is 2.73. The van der Waals surface area contributed by atoms with Crippen LogP contribution in [0, 0.1) is 23.7 Å². The van der Waals surface area contributed by atoms with Gasteiger partial charge < -0.3 is 0 Å². The standard InChI is InChI=1S/C16H19NO2S/c18-20(19,10-5-2-1-3-6-10)17-15-13-9-14(16(15)17)12-8-4-7-11(12)13/h1-3,5-6,11-16H,4,7-9H2/t11-,12+,13-,14-,15+,16-,17?/m0/s1. The molecular formula is C16H19NO2S. The summed E-state index contributed by atoms with van der Waals surface area (Å²) in [6.07, 6.45) is 5.35. The van der Waals surface area contributed by atoms with Gasteiger partial charge in [0.25, 0.3) is 0 Å². The third kappa shape index (κ3) is 1.27. The van der Waals surface area contributed by atoms with Gasteiger partial charge in [-0.05, 0) is 55.1 Å². The van der Waals surface area contributed by atoms with E-state index in [1.807, 2.05) is 22.5 Å². The summed E-state index contributed by atoms with van der Waals surface area (Å²) < 4.78 is 27.4. The molecule has 0 aromatic heterocycles. The molecule has 4 fully saturated rings. The number of piperidine rings is 1. The van der Waals surface area contributed by atoms with Crippen molar-refractivity contribution in [3.05, 3.63) is 30.3 Å². The van der Waals surface area contributed by atoms with Crippen molar-refractivity contribution < 1.29 is 8.42 Å². The average Bonchev–Trinajstić information content (AvgIpc) is 2.79. The predicted octanol–water partition coefficient (Wildman–Crippen LogP) is 2.49. The van der Waals surface area contributed by atoms with Gasteiger partial charge in [-0.15, -0.1) is 0 Å². The lowest BCUT2D eigenvalue weighted by Crippen LogP contribution is -2.22. The topological polar surface area (TPSA) is 37.1 Å². The number of nitrogens with zero attached hydrogens (tertiary/aromatic N) is 1. The largest absolute Gasteiger partial charge is 0.243 e. The number of sulfonamides is 1. The van der Waals surface area contributed by atoms with Crippen LogP contribution in [0.1, 0.15) is 25.7 Å². The molecule has 20 heavy (non-hydrogen) atoms. The van der Waals surface area contributed by atoms with Crippen molar-refractivity contribution in [1.29, 1.82) is 0 Å². The molecule has 3 saturated carbocycles. The van der Waals surface area contributed by atoms with Crippen molar-refractivity contribution in [1.82, 2.24) is 4.31 Å². The van der Waals surface area contributed by atoms with E-state index in [4.69, 9.17) is 0 Å². The normalized spacial score (nSPS) is 48.1. The third-order valence-electron chi connectivity index (χ3n) is 6.31. The number of fused-ring (bicyclic) bond motifs is 8. The Morgan fingerprint density at radius 3 is 2.10 bits per heavy atom. The Labute approximate surface area is 120 Å². The van der Waals surface area contributed by atoms with Gasteiger partial charge in [-0.25, -0.2) is 8.42 Å². The molecule has 0 amide bonds. The van der Waals surface area contributed by atoms with Gasteiger partial charge in [0, 0.05) is 12.1 Å². The van der Waals surface area contributed by atoms with Crippen molar-refractivity contribution in [2.75, 3.05) is 0 Å². The molecule has 1 heterocycles. The van der Waals surface area contributed by atoms with Crippen LogP contribution in [-0.2, 0) is 10.0 Å². The molecule has 1 aromatic rings. The van der Waals surface area contributed by atoms with Crippen molar-refractivity contribution in [3.63, 3.8) is 0 Å². The number of rotatable bonds is 2. The van der Waals surface area contributed by atoms with E-state index in [2.05, 4.69) is 0 Å². The van der Waals surface area contributed by atoms with E-state index in [-0.39, 0.29) is 0 Å². The van der Waals surface area contributed by atoms with Gasteiger partial charge in [-0.2, -0.15) is 4.31 Å². The predicted molar refractivity (Wildman–Crippen MR) is 75.5 cm³/mol. The summed E-state index contributed by atoms with van der Waals surface area (Å²) in [4.78, 5) is 0.471. The Morgan fingerprint density at radius 2 is 1.50 bits per heavy atom. The van der Waals surface area contributed by atoms with Crippen LogP contribution in [0.5, 0.6) is 0 Å². The molecule has 106 valence electrons. The molecule has 7 atom stereocenters. The maximum Gasteiger partial charge on any atom is 0.243 e. The first kappa shape index (κ1) is 11.8. The summed E-state index contributed by atoms with van der Waals surface area (Å²) in [6.45, 7) is 0.